The number of nitrogens with zero attached hydrogens (tertiary/aromatic N) is 2. The summed E-state index contributed by atoms with van der Waals surface area (Å²) in [6.07, 6.45) is 1.12. The minimum Gasteiger partial charge on any atom is -0.339 e. The van der Waals surface area contributed by atoms with Crippen molar-refractivity contribution in [3.63, 3.8) is 0 Å². The Bertz CT molecular complexity index is 984. The molecule has 0 radical (unpaired) electrons. The molecule has 0 unspecified atom stereocenters. The van der Waals surface area contributed by atoms with E-state index in [1.807, 2.05) is 0 Å². The number of anilines is 3. The van der Waals surface area contributed by atoms with Crippen molar-refractivity contribution in [2.24, 2.45) is 0 Å². The molecule has 9 heteroatoms. The lowest BCUT2D eigenvalue weighted by atomic mass is 10.2. The summed E-state index contributed by atoms with van der Waals surface area (Å²) in [5.74, 6) is -5.08. The Labute approximate surface area is 150 Å². The first-order chi connectivity index (χ1) is 12.5. The van der Waals surface area contributed by atoms with Gasteiger partial charge < -0.3 is 10.6 Å². The third-order valence-corrected chi connectivity index (χ3v) is 3.65. The molecule has 2 aromatic carbocycles. The highest BCUT2D eigenvalue weighted by Gasteiger charge is 2.17. The number of hydrogen-bond acceptors (Lipinski definition) is 4. The second kappa shape index (κ2) is 7.40. The fourth-order valence-electron chi connectivity index (χ4n) is 2.06. The minimum atomic E-state index is -1.67. The molecule has 1 aromatic heterocycles. The van der Waals surface area contributed by atoms with Gasteiger partial charge in [-0.2, -0.15) is 0 Å². The Hall–Kier alpha value is -3.13. The lowest BCUT2D eigenvalue weighted by molar-refractivity contribution is 0.102. The van der Waals surface area contributed by atoms with Gasteiger partial charge in [-0.25, -0.2) is 23.1 Å². The van der Waals surface area contributed by atoms with E-state index >= 15 is 0 Å². The van der Waals surface area contributed by atoms with Gasteiger partial charge in [-0.05, 0) is 24.3 Å². The van der Waals surface area contributed by atoms with E-state index in [-0.39, 0.29) is 11.5 Å². The first kappa shape index (κ1) is 17.7. The number of rotatable bonds is 4. The molecule has 0 bridgehead atoms. The van der Waals surface area contributed by atoms with Crippen LogP contribution in [0.3, 0.4) is 0 Å². The summed E-state index contributed by atoms with van der Waals surface area (Å²) in [6, 6.07) is 9.81. The average molecular weight is 379 g/mol. The van der Waals surface area contributed by atoms with Crippen molar-refractivity contribution in [2.75, 3.05) is 10.6 Å². The second-order valence-electron chi connectivity index (χ2n) is 5.07. The summed E-state index contributed by atoms with van der Waals surface area (Å²) in [7, 11) is 0. The van der Waals surface area contributed by atoms with Crippen molar-refractivity contribution in [3.05, 3.63) is 77.0 Å². The number of carbonyl (C=O) groups excluding carboxylic acids is 1. The van der Waals surface area contributed by atoms with Crippen LogP contribution in [0.25, 0.3) is 0 Å². The topological polar surface area (TPSA) is 66.9 Å². The Morgan fingerprint density at radius 3 is 2.50 bits per heavy atom. The number of amides is 1. The first-order valence-corrected chi connectivity index (χ1v) is 7.62. The molecule has 0 aliphatic rings. The standard InChI is InChI=1S/C17H10ClF3N4O/c18-9-3-1-2-4-11(9)24-14-7-13(22-8-23-14)17(26)25-12-6-5-10(19)15(20)16(12)21/h1-8H,(H,25,26)(H,22,23,24). The lowest BCUT2D eigenvalue weighted by Crippen LogP contribution is -2.16. The normalized spacial score (nSPS) is 10.5. The van der Waals surface area contributed by atoms with Crippen molar-refractivity contribution >= 4 is 34.7 Å². The minimum absolute atomic E-state index is 0.112. The van der Waals surface area contributed by atoms with Gasteiger partial charge in [-0.1, -0.05) is 23.7 Å². The van der Waals surface area contributed by atoms with E-state index in [1.165, 1.54) is 6.07 Å². The van der Waals surface area contributed by atoms with Crippen LogP contribution in [0.5, 0.6) is 0 Å². The number of aromatic nitrogens is 2. The quantitative estimate of drug-likeness (QED) is 0.654. The van der Waals surface area contributed by atoms with E-state index < -0.39 is 29.0 Å². The van der Waals surface area contributed by atoms with E-state index in [1.54, 1.807) is 24.3 Å². The van der Waals surface area contributed by atoms with E-state index in [0.717, 1.165) is 12.4 Å². The first-order valence-electron chi connectivity index (χ1n) is 7.24. The predicted molar refractivity (Wildman–Crippen MR) is 91.0 cm³/mol. The van der Waals surface area contributed by atoms with E-state index in [2.05, 4.69) is 20.6 Å². The number of nitrogens with one attached hydrogen (secondary N) is 2. The third-order valence-electron chi connectivity index (χ3n) is 3.32. The third kappa shape index (κ3) is 3.75. The Kier molecular flexibility index (Phi) is 5.04. The van der Waals surface area contributed by atoms with Gasteiger partial charge in [-0.3, -0.25) is 4.79 Å². The zero-order valence-electron chi connectivity index (χ0n) is 12.9. The molecule has 5 nitrogen and oxygen atoms in total. The molecule has 0 aliphatic heterocycles. The number of hydrogen-bond donors (Lipinski definition) is 2. The smallest absolute Gasteiger partial charge is 0.274 e. The van der Waals surface area contributed by atoms with Gasteiger partial charge in [0.1, 0.15) is 17.8 Å². The maximum Gasteiger partial charge on any atom is 0.274 e. The lowest BCUT2D eigenvalue weighted by Gasteiger charge is -2.09. The number of para-hydroxylation sites is 1. The molecule has 0 atom stereocenters. The van der Waals surface area contributed by atoms with Crippen LogP contribution in [0.15, 0.2) is 48.8 Å². The van der Waals surface area contributed by atoms with Crippen LogP contribution in [0.2, 0.25) is 5.02 Å². The van der Waals surface area contributed by atoms with Gasteiger partial charge in [0, 0.05) is 6.07 Å². The van der Waals surface area contributed by atoms with Gasteiger partial charge >= 0.3 is 0 Å². The number of carbonyl (C=O) groups is 1. The summed E-state index contributed by atoms with van der Waals surface area (Å²) in [5.41, 5.74) is -0.0577. The number of halogens is 4. The molecule has 0 spiro atoms. The molecular weight excluding hydrogens is 369 g/mol. The summed E-state index contributed by atoms with van der Waals surface area (Å²) in [4.78, 5) is 19.9. The molecule has 0 fully saturated rings. The molecule has 132 valence electrons. The maximum atomic E-state index is 13.7. The molecule has 1 heterocycles. The van der Waals surface area contributed by atoms with Gasteiger partial charge in [0.15, 0.2) is 17.5 Å². The summed E-state index contributed by atoms with van der Waals surface area (Å²) >= 11 is 6.04. The van der Waals surface area contributed by atoms with Crippen molar-refractivity contribution in [2.45, 2.75) is 0 Å². The Balaban J connectivity index is 1.81. The van der Waals surface area contributed by atoms with Crippen molar-refractivity contribution < 1.29 is 18.0 Å². The molecule has 0 saturated heterocycles. The van der Waals surface area contributed by atoms with Crippen molar-refractivity contribution in [1.82, 2.24) is 9.97 Å². The summed E-state index contributed by atoms with van der Waals surface area (Å²) < 4.78 is 39.8. The zero-order chi connectivity index (χ0) is 18.7. The van der Waals surface area contributed by atoms with Crippen LogP contribution in [0.1, 0.15) is 10.5 Å². The zero-order valence-corrected chi connectivity index (χ0v) is 13.7. The van der Waals surface area contributed by atoms with Crippen LogP contribution in [0, 0.1) is 17.5 Å². The molecule has 2 N–H and O–H groups in total. The fraction of sp³-hybridized carbons (Fsp3) is 0. The van der Waals surface area contributed by atoms with Gasteiger partial charge in [0.25, 0.3) is 5.91 Å². The van der Waals surface area contributed by atoms with E-state index in [0.29, 0.717) is 16.8 Å². The highest BCUT2D eigenvalue weighted by molar-refractivity contribution is 6.33. The Morgan fingerprint density at radius 1 is 0.962 bits per heavy atom. The fourth-order valence-corrected chi connectivity index (χ4v) is 2.24. The van der Waals surface area contributed by atoms with Crippen molar-refractivity contribution in [3.8, 4) is 0 Å². The second-order valence-corrected chi connectivity index (χ2v) is 5.48. The summed E-state index contributed by atoms with van der Waals surface area (Å²) in [6.45, 7) is 0. The maximum absolute atomic E-state index is 13.7. The van der Waals surface area contributed by atoms with Crippen LogP contribution < -0.4 is 10.6 Å². The molecule has 3 rings (SSSR count). The molecule has 1 amide bonds. The summed E-state index contributed by atoms with van der Waals surface area (Å²) in [5, 5.41) is 5.49. The van der Waals surface area contributed by atoms with Crippen LogP contribution in [0.4, 0.5) is 30.4 Å². The van der Waals surface area contributed by atoms with E-state index in [9.17, 15) is 18.0 Å². The number of benzene rings is 2. The van der Waals surface area contributed by atoms with Crippen LogP contribution in [-0.4, -0.2) is 15.9 Å². The van der Waals surface area contributed by atoms with Crippen LogP contribution in [-0.2, 0) is 0 Å². The van der Waals surface area contributed by atoms with Gasteiger partial charge in [0.05, 0.1) is 16.4 Å². The SMILES string of the molecule is O=C(Nc1ccc(F)c(F)c1F)c1cc(Nc2ccccc2Cl)ncn1. The molecule has 0 aliphatic carbocycles. The molecule has 3 aromatic rings. The highest BCUT2D eigenvalue weighted by atomic mass is 35.5. The van der Waals surface area contributed by atoms with Crippen LogP contribution >= 0.6 is 11.6 Å². The highest BCUT2D eigenvalue weighted by Crippen LogP contribution is 2.24. The molecular formula is C17H10ClF3N4O. The van der Waals surface area contributed by atoms with E-state index in [4.69, 9.17) is 11.6 Å². The molecule has 26 heavy (non-hydrogen) atoms. The largest absolute Gasteiger partial charge is 0.339 e. The average Bonchev–Trinajstić information content (AvgIpc) is 2.64. The Morgan fingerprint density at radius 2 is 1.73 bits per heavy atom. The monoisotopic (exact) mass is 378 g/mol. The molecule has 0 saturated carbocycles. The van der Waals surface area contributed by atoms with Crippen molar-refractivity contribution in [1.29, 1.82) is 0 Å². The predicted octanol–water partition coefficient (Wildman–Crippen LogP) is 4.54. The van der Waals surface area contributed by atoms with Gasteiger partial charge in [0.2, 0.25) is 0 Å². The van der Waals surface area contributed by atoms with Gasteiger partial charge in [-0.15, -0.1) is 0 Å².